The summed E-state index contributed by atoms with van der Waals surface area (Å²) < 4.78 is 0. The van der Waals surface area contributed by atoms with Gasteiger partial charge in [0.2, 0.25) is 0 Å². The number of carboxylic acids is 1. The summed E-state index contributed by atoms with van der Waals surface area (Å²) in [5, 5.41) is 12.7. The molecule has 4 heteroatoms. The molecule has 1 aromatic heterocycles. The first kappa shape index (κ1) is 15.8. The molecule has 0 bridgehead atoms. The number of aromatic nitrogens is 1. The number of carbonyl (C=O) groups is 1. The van der Waals surface area contributed by atoms with E-state index in [1.807, 2.05) is 6.07 Å². The second-order valence-electron chi connectivity index (χ2n) is 6.04. The predicted molar refractivity (Wildman–Crippen MR) is 85.1 cm³/mol. The van der Waals surface area contributed by atoms with Crippen LogP contribution in [0.1, 0.15) is 74.0 Å². The second-order valence-corrected chi connectivity index (χ2v) is 6.04. The summed E-state index contributed by atoms with van der Waals surface area (Å²) in [4.78, 5) is 16.1. The van der Waals surface area contributed by atoms with Crippen LogP contribution in [0, 0.1) is 0 Å². The molecule has 0 aliphatic heterocycles. The van der Waals surface area contributed by atoms with E-state index in [1.54, 1.807) is 0 Å². The first-order valence-corrected chi connectivity index (χ1v) is 8.14. The predicted octanol–water partition coefficient (Wildman–Crippen LogP) is 4.04. The van der Waals surface area contributed by atoms with E-state index in [4.69, 9.17) is 0 Å². The maximum atomic E-state index is 11.5. The van der Waals surface area contributed by atoms with E-state index in [0.29, 0.717) is 11.4 Å². The first-order valence-electron chi connectivity index (χ1n) is 8.14. The summed E-state index contributed by atoms with van der Waals surface area (Å²) in [7, 11) is 0. The van der Waals surface area contributed by atoms with E-state index in [9.17, 15) is 9.90 Å². The van der Waals surface area contributed by atoms with Gasteiger partial charge in [0.25, 0.3) is 0 Å². The molecule has 2 rings (SSSR count). The largest absolute Gasteiger partial charge is 0.478 e. The number of hydrogen-bond donors (Lipinski definition) is 2. The zero-order valence-corrected chi connectivity index (χ0v) is 13.1. The lowest BCUT2D eigenvalue weighted by molar-refractivity contribution is 0.0697. The quantitative estimate of drug-likeness (QED) is 0.744. The molecule has 1 aromatic rings. The van der Waals surface area contributed by atoms with Crippen LogP contribution in [0.5, 0.6) is 0 Å². The molecule has 1 heterocycles. The molecule has 1 aliphatic carbocycles. The van der Waals surface area contributed by atoms with E-state index >= 15 is 0 Å². The monoisotopic (exact) mass is 290 g/mol. The van der Waals surface area contributed by atoms with E-state index in [0.717, 1.165) is 49.8 Å². The first-order chi connectivity index (χ1) is 10.1. The van der Waals surface area contributed by atoms with Gasteiger partial charge in [-0.25, -0.2) is 9.78 Å². The van der Waals surface area contributed by atoms with E-state index in [1.165, 1.54) is 12.8 Å². The molecule has 2 N–H and O–H groups in total. The van der Waals surface area contributed by atoms with E-state index < -0.39 is 5.97 Å². The van der Waals surface area contributed by atoms with Gasteiger partial charge in [-0.3, -0.25) is 0 Å². The summed E-state index contributed by atoms with van der Waals surface area (Å²) in [6, 6.07) is 2.08. The lowest BCUT2D eigenvalue weighted by atomic mass is 9.94. The van der Waals surface area contributed by atoms with Crippen LogP contribution < -0.4 is 5.32 Å². The third-order valence-electron chi connectivity index (χ3n) is 4.16. The summed E-state index contributed by atoms with van der Waals surface area (Å²) >= 11 is 0. The van der Waals surface area contributed by atoms with Crippen molar-refractivity contribution in [3.05, 3.63) is 22.9 Å². The van der Waals surface area contributed by atoms with Crippen LogP contribution in [0.25, 0.3) is 0 Å². The van der Waals surface area contributed by atoms with E-state index in [2.05, 4.69) is 24.1 Å². The smallest absolute Gasteiger partial charge is 0.339 e. The molecule has 1 atom stereocenters. The van der Waals surface area contributed by atoms with Crippen LogP contribution in [0.15, 0.2) is 6.07 Å². The number of fused-ring (bicyclic) bond motifs is 1. The lowest BCUT2D eigenvalue weighted by Crippen LogP contribution is -2.20. The third-order valence-corrected chi connectivity index (χ3v) is 4.16. The topological polar surface area (TPSA) is 62.2 Å². The van der Waals surface area contributed by atoms with E-state index in [-0.39, 0.29) is 6.04 Å². The molecule has 1 aliphatic rings. The summed E-state index contributed by atoms with van der Waals surface area (Å²) in [6.07, 6.45) is 8.83. The number of anilines is 1. The molecule has 4 nitrogen and oxygen atoms in total. The van der Waals surface area contributed by atoms with Gasteiger partial charge in [-0.2, -0.15) is 0 Å². The Hall–Kier alpha value is -1.58. The van der Waals surface area contributed by atoms with Gasteiger partial charge < -0.3 is 10.4 Å². The molecule has 0 aromatic carbocycles. The third kappa shape index (κ3) is 4.19. The lowest BCUT2D eigenvalue weighted by Gasteiger charge is -2.20. The fourth-order valence-electron chi connectivity index (χ4n) is 2.91. The molecule has 0 fully saturated rings. The van der Waals surface area contributed by atoms with Crippen molar-refractivity contribution in [3.8, 4) is 0 Å². The minimum absolute atomic E-state index is 0.254. The van der Waals surface area contributed by atoms with Crippen molar-refractivity contribution < 1.29 is 9.90 Å². The van der Waals surface area contributed by atoms with Crippen LogP contribution in [-0.4, -0.2) is 22.1 Å². The molecule has 0 saturated heterocycles. The Morgan fingerprint density at radius 3 is 2.86 bits per heavy atom. The second kappa shape index (κ2) is 7.43. The number of carboxylic acid groups (broad SMARTS) is 1. The number of rotatable bonds is 7. The van der Waals surface area contributed by atoms with Crippen LogP contribution in [0.4, 0.5) is 5.82 Å². The average molecular weight is 290 g/mol. The molecule has 21 heavy (non-hydrogen) atoms. The zero-order chi connectivity index (χ0) is 15.2. The Kier molecular flexibility index (Phi) is 5.59. The maximum Gasteiger partial charge on any atom is 0.339 e. The summed E-state index contributed by atoms with van der Waals surface area (Å²) in [5.41, 5.74) is 2.51. The van der Waals surface area contributed by atoms with Gasteiger partial charge in [0.15, 0.2) is 0 Å². The van der Waals surface area contributed by atoms with Gasteiger partial charge >= 0.3 is 5.97 Å². The van der Waals surface area contributed by atoms with Crippen molar-refractivity contribution in [1.82, 2.24) is 4.98 Å². The molecule has 0 saturated carbocycles. The summed E-state index contributed by atoms with van der Waals surface area (Å²) in [6.45, 7) is 4.29. The van der Waals surface area contributed by atoms with Crippen molar-refractivity contribution in [1.29, 1.82) is 0 Å². The fraction of sp³-hybridized carbons (Fsp3) is 0.647. The van der Waals surface area contributed by atoms with Crippen LogP contribution >= 0.6 is 0 Å². The maximum absolute atomic E-state index is 11.5. The molecule has 0 radical (unpaired) electrons. The van der Waals surface area contributed by atoms with Crippen molar-refractivity contribution in [2.75, 3.05) is 5.32 Å². The SMILES string of the molecule is CCCCCC(C)Nc1nc2c(cc1C(=O)O)CCCC2. The van der Waals surface area contributed by atoms with Crippen molar-refractivity contribution in [2.45, 2.75) is 71.3 Å². The highest BCUT2D eigenvalue weighted by atomic mass is 16.4. The Balaban J connectivity index is 2.14. The van der Waals surface area contributed by atoms with Crippen LogP contribution in [0.3, 0.4) is 0 Å². The van der Waals surface area contributed by atoms with Crippen LogP contribution in [0.2, 0.25) is 0 Å². The minimum atomic E-state index is -0.890. The Morgan fingerprint density at radius 1 is 1.38 bits per heavy atom. The molecule has 116 valence electrons. The highest BCUT2D eigenvalue weighted by molar-refractivity contribution is 5.93. The van der Waals surface area contributed by atoms with Gasteiger partial charge in [-0.1, -0.05) is 26.2 Å². The highest BCUT2D eigenvalue weighted by Gasteiger charge is 2.19. The Labute approximate surface area is 127 Å². The van der Waals surface area contributed by atoms with Crippen LogP contribution in [-0.2, 0) is 12.8 Å². The van der Waals surface area contributed by atoms with Crippen molar-refractivity contribution in [3.63, 3.8) is 0 Å². The molecular weight excluding hydrogens is 264 g/mol. The standard InChI is InChI=1S/C17H26N2O2/c1-3-4-5-8-12(2)18-16-14(17(20)21)11-13-9-6-7-10-15(13)19-16/h11-12H,3-10H2,1-2H3,(H,18,19)(H,20,21). The average Bonchev–Trinajstić information content (AvgIpc) is 2.46. The van der Waals surface area contributed by atoms with Crippen molar-refractivity contribution >= 4 is 11.8 Å². The Bertz CT molecular complexity index is 500. The summed E-state index contributed by atoms with van der Waals surface area (Å²) in [5.74, 6) is -0.341. The number of nitrogens with one attached hydrogen (secondary N) is 1. The Morgan fingerprint density at radius 2 is 2.14 bits per heavy atom. The molecule has 0 amide bonds. The van der Waals surface area contributed by atoms with Crippen molar-refractivity contribution in [2.24, 2.45) is 0 Å². The molecule has 0 spiro atoms. The molecular formula is C17H26N2O2. The van der Waals surface area contributed by atoms with Gasteiger partial charge in [0.1, 0.15) is 11.4 Å². The highest BCUT2D eigenvalue weighted by Crippen LogP contribution is 2.25. The molecule has 1 unspecified atom stereocenters. The number of pyridine rings is 1. The normalized spacial score (nSPS) is 15.3. The fourth-order valence-corrected chi connectivity index (χ4v) is 2.91. The van der Waals surface area contributed by atoms with Gasteiger partial charge in [0.05, 0.1) is 0 Å². The number of aryl methyl sites for hydroxylation is 2. The minimum Gasteiger partial charge on any atom is -0.478 e. The number of hydrogen-bond acceptors (Lipinski definition) is 3. The number of nitrogens with zero attached hydrogens (tertiary/aromatic N) is 1. The van der Waals surface area contributed by atoms with Gasteiger partial charge in [-0.15, -0.1) is 0 Å². The zero-order valence-electron chi connectivity index (χ0n) is 13.1. The van der Waals surface area contributed by atoms with Gasteiger partial charge in [0, 0.05) is 11.7 Å². The van der Waals surface area contributed by atoms with Gasteiger partial charge in [-0.05, 0) is 50.7 Å². The number of unbranched alkanes of at least 4 members (excludes halogenated alkanes) is 2. The number of aromatic carboxylic acids is 1.